The Kier molecular flexibility index (Phi) is 5.05. The second-order valence-electron chi connectivity index (χ2n) is 7.52. The average molecular weight is 524 g/mol. The predicted molar refractivity (Wildman–Crippen MR) is 109 cm³/mol. The van der Waals surface area contributed by atoms with Gasteiger partial charge in [0.2, 0.25) is 0 Å². The summed E-state index contributed by atoms with van der Waals surface area (Å²) in [6.45, 7) is 14.4. The number of nitrogens with zero attached hydrogens (tertiary/aromatic N) is 6. The molecule has 0 radical (unpaired) electrons. The fourth-order valence-corrected chi connectivity index (χ4v) is 4.28. The van der Waals surface area contributed by atoms with Gasteiger partial charge >= 0.3 is 0 Å². The van der Waals surface area contributed by atoms with Crippen LogP contribution in [-0.2, 0) is 0 Å². The minimum Gasteiger partial charge on any atom is -0.244 e. The molecule has 182 valence electrons. The molecule has 6 nitrogen and oxygen atoms in total. The molecule has 2 aliphatic carbocycles. The van der Waals surface area contributed by atoms with Crippen LogP contribution in [-0.4, -0.2) is 9.97 Å². The lowest BCUT2D eigenvalue weighted by atomic mass is 10.0. The first-order valence-corrected chi connectivity index (χ1v) is 9.75. The molecule has 0 unspecified atom stereocenters. The van der Waals surface area contributed by atoms with Crippen LogP contribution in [0.2, 0.25) is 0 Å². The third-order valence-electron chi connectivity index (χ3n) is 5.79. The molecule has 0 bridgehead atoms. The van der Waals surface area contributed by atoms with Gasteiger partial charge in [-0.25, -0.2) is 65.3 Å². The van der Waals surface area contributed by atoms with Gasteiger partial charge in [0.05, 0.1) is 59.2 Å². The molecule has 0 atom stereocenters. The van der Waals surface area contributed by atoms with Crippen molar-refractivity contribution in [2.24, 2.45) is 0 Å². The number of halogens is 8. The molecule has 0 fully saturated rings. The summed E-state index contributed by atoms with van der Waals surface area (Å²) in [4.78, 5) is 13.4. The van der Waals surface area contributed by atoms with Crippen LogP contribution in [0.5, 0.6) is 0 Å². The predicted octanol–water partition coefficient (Wildman–Crippen LogP) is 5.95. The molecule has 0 saturated carbocycles. The van der Waals surface area contributed by atoms with E-state index < -0.39 is 114 Å². The van der Waals surface area contributed by atoms with E-state index in [-0.39, 0.29) is 0 Å². The summed E-state index contributed by atoms with van der Waals surface area (Å²) in [7, 11) is 0. The van der Waals surface area contributed by atoms with Crippen LogP contribution in [0.15, 0.2) is 11.4 Å². The molecule has 1 heterocycles. The van der Waals surface area contributed by atoms with E-state index in [4.69, 9.17) is 13.1 Å². The smallest absolute Gasteiger partial charge is 0.244 e. The highest BCUT2D eigenvalue weighted by Gasteiger charge is 2.44. The van der Waals surface area contributed by atoms with Crippen molar-refractivity contribution in [2.45, 2.75) is 0 Å². The molecular weight excluding hydrogens is 524 g/mol. The standard InChI is InChI=1S/C24F8N6/c1-35-5(3-33)7-9-11(15(27)19(31)17(29)13(9)25)23-21(7)37-24-12-10(14(26)18(30)20(32)16(12)28)8(22(24)38-23)6(4-34)36-2/b7-5-,8-6+. The number of rotatable bonds is 0. The number of fused-ring (bicyclic) bond motifs is 6. The molecule has 0 N–H and O–H groups in total. The lowest BCUT2D eigenvalue weighted by molar-refractivity contribution is 0.410. The van der Waals surface area contributed by atoms with E-state index in [0.29, 0.717) is 0 Å². The van der Waals surface area contributed by atoms with Crippen molar-refractivity contribution in [1.29, 1.82) is 10.5 Å². The largest absolute Gasteiger partial charge is 0.271 e. The van der Waals surface area contributed by atoms with E-state index in [1.807, 2.05) is 0 Å². The lowest BCUT2D eigenvalue weighted by Crippen LogP contribution is -2.03. The summed E-state index contributed by atoms with van der Waals surface area (Å²) >= 11 is 0. The van der Waals surface area contributed by atoms with Gasteiger partial charge in [0, 0.05) is 22.3 Å². The fraction of sp³-hybridized carbons (Fsp3) is 0. The van der Waals surface area contributed by atoms with Crippen molar-refractivity contribution in [2.75, 3.05) is 0 Å². The monoisotopic (exact) mass is 524 g/mol. The summed E-state index contributed by atoms with van der Waals surface area (Å²) in [6.07, 6.45) is 0. The normalized spacial score (nSPS) is 14.8. The van der Waals surface area contributed by atoms with Crippen LogP contribution in [0.1, 0.15) is 22.5 Å². The maximum Gasteiger partial charge on any atom is 0.271 e. The molecule has 5 rings (SSSR count). The molecule has 2 aliphatic rings. The molecule has 0 saturated heterocycles. The van der Waals surface area contributed by atoms with Gasteiger partial charge in [-0.1, -0.05) is 0 Å². The highest BCUT2D eigenvalue weighted by molar-refractivity contribution is 6.06. The minimum atomic E-state index is -2.31. The van der Waals surface area contributed by atoms with Crippen molar-refractivity contribution in [3.05, 3.63) is 103 Å². The van der Waals surface area contributed by atoms with E-state index >= 15 is 0 Å². The first-order chi connectivity index (χ1) is 18.0. The van der Waals surface area contributed by atoms with Crippen LogP contribution in [0, 0.1) is 82.3 Å². The molecule has 0 amide bonds. The molecule has 1 aromatic heterocycles. The van der Waals surface area contributed by atoms with Crippen molar-refractivity contribution >= 4 is 11.1 Å². The van der Waals surface area contributed by atoms with Gasteiger partial charge in [-0.3, -0.25) is 0 Å². The Morgan fingerprint density at radius 1 is 0.500 bits per heavy atom. The fourth-order valence-electron chi connectivity index (χ4n) is 4.28. The van der Waals surface area contributed by atoms with Gasteiger partial charge in [0.1, 0.15) is 0 Å². The summed E-state index contributed by atoms with van der Waals surface area (Å²) in [5.41, 5.74) is -11.7. The Bertz CT molecular complexity index is 1770. The second kappa shape index (κ2) is 7.95. The first-order valence-electron chi connectivity index (χ1n) is 9.75. The van der Waals surface area contributed by atoms with Crippen molar-refractivity contribution in [1.82, 2.24) is 9.97 Å². The number of nitriles is 2. The molecule has 0 aliphatic heterocycles. The zero-order valence-electron chi connectivity index (χ0n) is 17.7. The van der Waals surface area contributed by atoms with Crippen LogP contribution in [0.25, 0.3) is 43.4 Å². The van der Waals surface area contributed by atoms with Gasteiger partial charge in [-0.2, -0.15) is 0 Å². The topological polar surface area (TPSA) is 82.1 Å². The lowest BCUT2D eigenvalue weighted by Gasteiger charge is -2.08. The Hall–Kier alpha value is -5.60. The van der Waals surface area contributed by atoms with Gasteiger partial charge in [0.15, 0.2) is 46.5 Å². The number of benzene rings is 2. The molecule has 14 heteroatoms. The Morgan fingerprint density at radius 2 is 0.789 bits per heavy atom. The molecule has 38 heavy (non-hydrogen) atoms. The summed E-state index contributed by atoms with van der Waals surface area (Å²) in [6, 6.07) is 2.68. The molecule has 2 aromatic carbocycles. The van der Waals surface area contributed by atoms with Crippen LogP contribution < -0.4 is 0 Å². The van der Waals surface area contributed by atoms with Gasteiger partial charge in [-0.05, 0) is 0 Å². The van der Waals surface area contributed by atoms with E-state index in [9.17, 15) is 45.6 Å². The number of allylic oxidation sites excluding steroid dienone is 2. The van der Waals surface area contributed by atoms with E-state index in [1.54, 1.807) is 0 Å². The van der Waals surface area contributed by atoms with Crippen LogP contribution in [0.3, 0.4) is 0 Å². The van der Waals surface area contributed by atoms with Crippen LogP contribution >= 0.6 is 0 Å². The number of hydrogen-bond donors (Lipinski definition) is 0. The van der Waals surface area contributed by atoms with Crippen molar-refractivity contribution in [3.63, 3.8) is 0 Å². The summed E-state index contributed by atoms with van der Waals surface area (Å²) in [5.74, 6) is -17.4. The molecular formula is C24F8N6. The maximum absolute atomic E-state index is 14.9. The third kappa shape index (κ3) is 2.71. The first kappa shape index (κ1) is 24.1. The van der Waals surface area contributed by atoms with E-state index in [0.717, 1.165) is 0 Å². The van der Waals surface area contributed by atoms with Gasteiger partial charge in [0.25, 0.3) is 11.4 Å². The Morgan fingerprint density at radius 3 is 1.05 bits per heavy atom. The minimum absolute atomic E-state index is 0.813. The molecule has 3 aromatic rings. The van der Waals surface area contributed by atoms with E-state index in [1.165, 1.54) is 12.1 Å². The SMILES string of the molecule is [C-]#[N+]/C(C#N)=C1\c2nc3c(nc2-c2c(F)c(F)c(F)c(F)c21)/C(=C(\C#N)[N+]#[C-])c1c(F)c(F)c(F)c(F)c1-3. The Balaban J connectivity index is 2.06. The third-order valence-corrected chi connectivity index (χ3v) is 5.79. The number of hydrogen-bond acceptors (Lipinski definition) is 4. The molecule has 0 spiro atoms. The highest BCUT2D eigenvalue weighted by atomic mass is 19.2. The van der Waals surface area contributed by atoms with Gasteiger partial charge in [-0.15, -0.1) is 0 Å². The zero-order valence-corrected chi connectivity index (χ0v) is 17.7. The van der Waals surface area contributed by atoms with Crippen molar-refractivity contribution in [3.8, 4) is 34.7 Å². The summed E-state index contributed by atoms with van der Waals surface area (Å²) in [5, 5.41) is 18.7. The van der Waals surface area contributed by atoms with E-state index in [2.05, 4.69) is 19.7 Å². The number of aromatic nitrogens is 2. The van der Waals surface area contributed by atoms with Gasteiger partial charge < -0.3 is 0 Å². The highest BCUT2D eigenvalue weighted by Crippen LogP contribution is 2.53. The summed E-state index contributed by atoms with van der Waals surface area (Å²) < 4.78 is 116. The Labute approximate surface area is 205 Å². The van der Waals surface area contributed by atoms with Crippen molar-refractivity contribution < 1.29 is 35.1 Å². The second-order valence-corrected chi connectivity index (χ2v) is 7.52. The zero-order chi connectivity index (χ0) is 27.8. The quantitative estimate of drug-likeness (QED) is 0.0824. The van der Waals surface area contributed by atoms with Crippen LogP contribution in [0.4, 0.5) is 35.1 Å². The maximum atomic E-state index is 14.9. The average Bonchev–Trinajstić information content (AvgIpc) is 3.42.